The molecule has 0 aliphatic heterocycles. The van der Waals surface area contributed by atoms with Gasteiger partial charge >= 0.3 is 0 Å². The van der Waals surface area contributed by atoms with Gasteiger partial charge in [0.25, 0.3) is 0 Å². The zero-order valence-electron chi connectivity index (χ0n) is 20.7. The lowest BCUT2D eigenvalue weighted by Gasteiger charge is -2.18. The number of nitrogens with one attached hydrogen (secondary N) is 1. The van der Waals surface area contributed by atoms with Crippen molar-refractivity contribution in [1.82, 2.24) is 39.3 Å². The molecule has 184 valence electrons. The van der Waals surface area contributed by atoms with Crippen molar-refractivity contribution in [2.75, 3.05) is 0 Å². The van der Waals surface area contributed by atoms with Gasteiger partial charge in [-0.25, -0.2) is 14.5 Å². The van der Waals surface area contributed by atoms with Crippen LogP contribution in [-0.2, 0) is 13.1 Å². The van der Waals surface area contributed by atoms with E-state index in [-0.39, 0.29) is 0 Å². The molecular formula is C28H23BN8O. The summed E-state index contributed by atoms with van der Waals surface area (Å²) in [5.74, 6) is 2.10. The molecule has 5 heterocycles. The molecule has 0 aliphatic rings. The highest BCUT2D eigenvalue weighted by molar-refractivity contribution is 6.04. The molecule has 6 rings (SSSR count). The van der Waals surface area contributed by atoms with Crippen LogP contribution in [0.4, 0.5) is 0 Å². The average molecular weight is 498 g/mol. The zero-order chi connectivity index (χ0) is 25.9. The topological polar surface area (TPSA) is 97.1 Å². The molecule has 1 N–H and O–H groups in total. The number of fused-ring (bicyclic) bond motifs is 1. The highest BCUT2D eigenvalue weighted by atomic mass is 16.5. The quantitative estimate of drug-likeness (QED) is 0.302. The Hall–Kier alpha value is -4.83. The van der Waals surface area contributed by atoms with Gasteiger partial charge in [0.05, 0.1) is 23.3 Å². The van der Waals surface area contributed by atoms with Crippen LogP contribution >= 0.6 is 0 Å². The Balaban J connectivity index is 1.29. The van der Waals surface area contributed by atoms with Crippen LogP contribution in [0.3, 0.4) is 0 Å². The van der Waals surface area contributed by atoms with Crippen LogP contribution in [-0.4, -0.2) is 47.3 Å². The highest BCUT2D eigenvalue weighted by Crippen LogP contribution is 2.30. The number of nitrogens with zero attached hydrogens (tertiary/aromatic N) is 7. The molecule has 9 nitrogen and oxygen atoms in total. The summed E-state index contributed by atoms with van der Waals surface area (Å²) >= 11 is 0. The van der Waals surface area contributed by atoms with Crippen molar-refractivity contribution in [3.63, 3.8) is 0 Å². The number of para-hydroxylation sites is 1. The second kappa shape index (κ2) is 10.3. The fourth-order valence-corrected chi connectivity index (χ4v) is 4.27. The second-order valence-corrected chi connectivity index (χ2v) is 8.86. The minimum atomic E-state index is 0.381. The van der Waals surface area contributed by atoms with E-state index in [2.05, 4.69) is 20.1 Å². The van der Waals surface area contributed by atoms with Crippen molar-refractivity contribution in [3.8, 4) is 34.1 Å². The highest BCUT2D eigenvalue weighted by Gasteiger charge is 2.18. The van der Waals surface area contributed by atoms with Gasteiger partial charge in [-0.05, 0) is 49.4 Å². The van der Waals surface area contributed by atoms with E-state index in [0.717, 1.165) is 45.3 Å². The first-order valence-corrected chi connectivity index (χ1v) is 12.1. The summed E-state index contributed by atoms with van der Waals surface area (Å²) in [6, 6.07) is 21.3. The Morgan fingerprint density at radius 1 is 0.974 bits per heavy atom. The third-order valence-electron chi connectivity index (χ3n) is 6.01. The van der Waals surface area contributed by atoms with E-state index in [1.165, 1.54) is 6.33 Å². The molecule has 0 fully saturated rings. The molecule has 1 aromatic carbocycles. The van der Waals surface area contributed by atoms with Crippen molar-refractivity contribution in [3.05, 3.63) is 109 Å². The van der Waals surface area contributed by atoms with Gasteiger partial charge in [-0.2, -0.15) is 5.10 Å². The van der Waals surface area contributed by atoms with Crippen molar-refractivity contribution >= 4 is 13.6 Å². The van der Waals surface area contributed by atoms with E-state index in [4.69, 9.17) is 22.7 Å². The number of hydrogen-bond donors (Lipinski definition) is 1. The van der Waals surface area contributed by atoms with Gasteiger partial charge in [-0.1, -0.05) is 24.3 Å². The van der Waals surface area contributed by atoms with Crippen molar-refractivity contribution in [2.24, 2.45) is 0 Å². The first-order valence-electron chi connectivity index (χ1n) is 12.1. The minimum Gasteiger partial charge on any atom is -0.455 e. The molecule has 0 aliphatic carbocycles. The van der Waals surface area contributed by atoms with E-state index in [0.29, 0.717) is 24.7 Å². The summed E-state index contributed by atoms with van der Waals surface area (Å²) in [5, 5.41) is 4.27. The second-order valence-electron chi connectivity index (χ2n) is 8.86. The number of aromatic nitrogens is 7. The summed E-state index contributed by atoms with van der Waals surface area (Å²) < 4.78 is 7.78. The van der Waals surface area contributed by atoms with E-state index in [1.54, 1.807) is 21.7 Å². The summed E-state index contributed by atoms with van der Waals surface area (Å²) in [4.78, 5) is 23.2. The van der Waals surface area contributed by atoms with E-state index < -0.39 is 0 Å². The molecular weight excluding hydrogens is 475 g/mol. The first-order chi connectivity index (χ1) is 18.6. The predicted molar refractivity (Wildman–Crippen MR) is 144 cm³/mol. The molecule has 0 atom stereocenters. The number of rotatable bonds is 8. The van der Waals surface area contributed by atoms with Crippen LogP contribution in [0.25, 0.3) is 28.3 Å². The van der Waals surface area contributed by atoms with Crippen LogP contribution < -0.4 is 4.74 Å². The van der Waals surface area contributed by atoms with Crippen molar-refractivity contribution in [2.45, 2.75) is 20.0 Å². The molecule has 38 heavy (non-hydrogen) atoms. The van der Waals surface area contributed by atoms with Crippen LogP contribution in [0.5, 0.6) is 11.5 Å². The number of benzene rings is 1. The van der Waals surface area contributed by atoms with E-state index in [9.17, 15) is 0 Å². The number of hydrogen-bond acceptors (Lipinski definition) is 7. The molecule has 5 aromatic heterocycles. The average Bonchev–Trinajstić information content (AvgIpc) is 3.57. The molecule has 0 saturated carbocycles. The lowest BCUT2D eigenvalue weighted by molar-refractivity contribution is 0.413. The van der Waals surface area contributed by atoms with Gasteiger partial charge < -0.3 is 14.5 Å². The van der Waals surface area contributed by atoms with Crippen LogP contribution in [0.1, 0.15) is 17.1 Å². The van der Waals surface area contributed by atoms with Gasteiger partial charge in [0.2, 0.25) is 0 Å². The third-order valence-corrected chi connectivity index (χ3v) is 6.01. The first kappa shape index (κ1) is 23.6. The summed E-state index contributed by atoms with van der Waals surface area (Å²) in [5.41, 5.74) is 5.91. The fraction of sp³-hybridized carbons (Fsp3) is 0.107. The van der Waals surface area contributed by atoms with Gasteiger partial charge in [-0.15, -0.1) is 0 Å². The Labute approximate surface area is 220 Å². The normalized spacial score (nSPS) is 11.3. The fourth-order valence-electron chi connectivity index (χ4n) is 4.27. The number of aromatic amines is 1. The standard InChI is InChI=1S/C28H23BN8O/c1-19-6-4-9-23(33-19)28-27(21-11-12-26-31-18-32-37(26)16-21)34-25(35-28)17-36(29)15-20-7-2-3-10-24(20)38-22-8-5-13-30-14-22/h2-14,16,18H,15,17H2,1H3,(H,34,35). The van der Waals surface area contributed by atoms with Crippen molar-refractivity contribution < 1.29 is 4.74 Å². The maximum absolute atomic E-state index is 6.49. The lowest BCUT2D eigenvalue weighted by atomic mass is 10.1. The zero-order valence-corrected chi connectivity index (χ0v) is 20.7. The van der Waals surface area contributed by atoms with Gasteiger partial charge in [-0.3, -0.25) is 9.97 Å². The van der Waals surface area contributed by atoms with Crippen LogP contribution in [0.15, 0.2) is 91.6 Å². The molecule has 0 saturated heterocycles. The summed E-state index contributed by atoms with van der Waals surface area (Å²) in [6.45, 7) is 2.80. The van der Waals surface area contributed by atoms with E-state index in [1.807, 2.05) is 79.9 Å². The number of imidazole rings is 1. The third kappa shape index (κ3) is 5.02. The predicted octanol–water partition coefficient (Wildman–Crippen LogP) is 4.76. The Morgan fingerprint density at radius 3 is 2.76 bits per heavy atom. The summed E-state index contributed by atoms with van der Waals surface area (Å²) in [6.07, 6.45) is 6.83. The molecule has 2 radical (unpaired) electrons. The molecule has 6 aromatic rings. The molecule has 0 amide bonds. The lowest BCUT2D eigenvalue weighted by Crippen LogP contribution is -2.20. The number of ether oxygens (including phenoxy) is 1. The SMILES string of the molecule is [B]N(Cc1nc(-c2ccc3ncnn3c2)c(-c2cccc(C)n2)[nH]1)Cc1ccccc1Oc1cccnc1. The molecule has 0 spiro atoms. The molecule has 10 heteroatoms. The maximum Gasteiger partial charge on any atom is 0.183 e. The smallest absolute Gasteiger partial charge is 0.183 e. The van der Waals surface area contributed by atoms with E-state index >= 15 is 0 Å². The summed E-state index contributed by atoms with van der Waals surface area (Å²) in [7, 11) is 6.49. The minimum absolute atomic E-state index is 0.381. The van der Waals surface area contributed by atoms with Gasteiger partial charge in [0.15, 0.2) is 13.6 Å². The number of pyridine rings is 3. The van der Waals surface area contributed by atoms with Gasteiger partial charge in [0, 0.05) is 42.3 Å². The van der Waals surface area contributed by atoms with Crippen LogP contribution in [0, 0.1) is 6.92 Å². The molecule has 0 bridgehead atoms. The Kier molecular flexibility index (Phi) is 6.37. The monoisotopic (exact) mass is 498 g/mol. The maximum atomic E-state index is 6.49. The molecule has 0 unspecified atom stereocenters. The number of H-pyrrole nitrogens is 1. The van der Waals surface area contributed by atoms with Crippen LogP contribution in [0.2, 0.25) is 0 Å². The van der Waals surface area contributed by atoms with Gasteiger partial charge in [0.1, 0.15) is 23.7 Å². The number of aryl methyl sites for hydroxylation is 1. The van der Waals surface area contributed by atoms with Crippen molar-refractivity contribution in [1.29, 1.82) is 0 Å². The largest absolute Gasteiger partial charge is 0.455 e. The Morgan fingerprint density at radius 2 is 1.89 bits per heavy atom. The Bertz CT molecular complexity index is 1700.